The highest BCUT2D eigenvalue weighted by atomic mass is 35.5. The number of rotatable bonds is 4. The molecular weight excluding hydrogens is 206 g/mol. The van der Waals surface area contributed by atoms with Gasteiger partial charge in [0.2, 0.25) is 0 Å². The summed E-state index contributed by atoms with van der Waals surface area (Å²) in [6, 6.07) is 0. The molecule has 0 bridgehead atoms. The van der Waals surface area contributed by atoms with E-state index in [0.717, 1.165) is 11.8 Å². The van der Waals surface area contributed by atoms with Crippen LogP contribution in [-0.4, -0.2) is 29.0 Å². The molecule has 0 aromatic carbocycles. The standard InChI is InChI=1S/C5H8ClNO2S2/c1-10-5(8)9-3-7-4-11-2-6/h4H,2-3H2,1H3/b7-4+. The van der Waals surface area contributed by atoms with Crippen LogP contribution in [0, 0.1) is 0 Å². The molecule has 0 aliphatic carbocycles. The second-order valence-electron chi connectivity index (χ2n) is 1.29. The van der Waals surface area contributed by atoms with Crippen LogP contribution in [0.15, 0.2) is 4.99 Å². The molecule has 11 heavy (non-hydrogen) atoms. The minimum Gasteiger partial charge on any atom is -0.434 e. The lowest BCUT2D eigenvalue weighted by Crippen LogP contribution is -1.95. The molecule has 0 N–H and O–H groups in total. The quantitative estimate of drug-likeness (QED) is 0.311. The molecule has 64 valence electrons. The molecule has 0 atom stereocenters. The third-order valence-electron chi connectivity index (χ3n) is 0.636. The number of hydrogen-bond acceptors (Lipinski definition) is 5. The van der Waals surface area contributed by atoms with Crippen molar-refractivity contribution >= 4 is 46.0 Å². The first-order chi connectivity index (χ1) is 5.31. The van der Waals surface area contributed by atoms with Crippen LogP contribution in [0.4, 0.5) is 4.79 Å². The molecule has 0 aliphatic rings. The van der Waals surface area contributed by atoms with Gasteiger partial charge in [0.05, 0.1) is 10.8 Å². The highest BCUT2D eigenvalue weighted by molar-refractivity contribution is 8.13. The van der Waals surface area contributed by atoms with E-state index in [9.17, 15) is 4.79 Å². The Morgan fingerprint density at radius 2 is 2.55 bits per heavy atom. The Morgan fingerprint density at radius 3 is 3.09 bits per heavy atom. The first kappa shape index (κ1) is 11.1. The van der Waals surface area contributed by atoms with E-state index in [-0.39, 0.29) is 12.0 Å². The molecular formula is C5H8ClNO2S2. The number of halogens is 1. The number of carbonyl (C=O) groups is 1. The van der Waals surface area contributed by atoms with Gasteiger partial charge in [-0.3, -0.25) is 0 Å². The third kappa shape index (κ3) is 8.03. The van der Waals surface area contributed by atoms with Gasteiger partial charge in [-0.25, -0.2) is 9.79 Å². The Balaban J connectivity index is 3.19. The number of aliphatic imine (C=N–C) groups is 1. The summed E-state index contributed by atoms with van der Waals surface area (Å²) in [6.45, 7) is 0.0730. The van der Waals surface area contributed by atoms with Gasteiger partial charge in [-0.05, 0) is 18.0 Å². The average molecular weight is 214 g/mol. The van der Waals surface area contributed by atoms with Crippen LogP contribution in [0.25, 0.3) is 0 Å². The second-order valence-corrected chi connectivity index (χ2v) is 3.45. The van der Waals surface area contributed by atoms with Gasteiger partial charge in [-0.2, -0.15) is 0 Å². The van der Waals surface area contributed by atoms with E-state index in [1.54, 1.807) is 11.8 Å². The van der Waals surface area contributed by atoms with Crippen molar-refractivity contribution in [2.45, 2.75) is 0 Å². The minimum atomic E-state index is -0.321. The zero-order valence-electron chi connectivity index (χ0n) is 5.95. The highest BCUT2D eigenvalue weighted by Crippen LogP contribution is 1.99. The van der Waals surface area contributed by atoms with E-state index in [1.807, 2.05) is 0 Å². The first-order valence-electron chi connectivity index (χ1n) is 2.68. The molecule has 0 unspecified atom stereocenters. The molecule has 0 radical (unpaired) electrons. The second kappa shape index (κ2) is 8.23. The predicted octanol–water partition coefficient (Wildman–Crippen LogP) is 2.40. The van der Waals surface area contributed by atoms with Crippen LogP contribution < -0.4 is 0 Å². The van der Waals surface area contributed by atoms with Crippen LogP contribution in [0.2, 0.25) is 0 Å². The molecule has 0 aromatic heterocycles. The maximum Gasteiger partial charge on any atom is 0.368 e. The fourth-order valence-electron chi connectivity index (χ4n) is 0.260. The molecule has 0 rings (SSSR count). The number of hydrogen-bond donors (Lipinski definition) is 0. The molecule has 0 aromatic rings. The summed E-state index contributed by atoms with van der Waals surface area (Å²) >= 11 is 7.69. The number of carbonyl (C=O) groups excluding carboxylic acids is 1. The van der Waals surface area contributed by atoms with Crippen LogP contribution >= 0.6 is 35.1 Å². The van der Waals surface area contributed by atoms with Gasteiger partial charge in [0.1, 0.15) is 0 Å². The zero-order valence-corrected chi connectivity index (χ0v) is 8.34. The number of ether oxygens (including phenoxy) is 1. The van der Waals surface area contributed by atoms with Crippen molar-refractivity contribution in [3.8, 4) is 0 Å². The minimum absolute atomic E-state index is 0.0730. The van der Waals surface area contributed by atoms with Gasteiger partial charge in [0, 0.05) is 0 Å². The summed E-state index contributed by atoms with van der Waals surface area (Å²) in [6.07, 6.45) is 1.65. The van der Waals surface area contributed by atoms with E-state index in [4.69, 9.17) is 11.6 Å². The van der Waals surface area contributed by atoms with Crippen LogP contribution in [-0.2, 0) is 4.74 Å². The van der Waals surface area contributed by atoms with Crippen molar-refractivity contribution in [3.05, 3.63) is 0 Å². The van der Waals surface area contributed by atoms with Crippen molar-refractivity contribution < 1.29 is 9.53 Å². The maximum absolute atomic E-state index is 10.5. The van der Waals surface area contributed by atoms with Crippen molar-refractivity contribution in [2.24, 2.45) is 4.99 Å². The number of nitrogens with zero attached hydrogens (tertiary/aromatic N) is 1. The predicted molar refractivity (Wildman–Crippen MR) is 51.7 cm³/mol. The maximum atomic E-state index is 10.5. The van der Waals surface area contributed by atoms with Gasteiger partial charge in [0.25, 0.3) is 0 Å². The summed E-state index contributed by atoms with van der Waals surface area (Å²) in [7, 11) is 0. The van der Waals surface area contributed by atoms with E-state index in [1.165, 1.54) is 11.8 Å². The monoisotopic (exact) mass is 213 g/mol. The smallest absolute Gasteiger partial charge is 0.368 e. The lowest BCUT2D eigenvalue weighted by Gasteiger charge is -1.95. The summed E-state index contributed by atoms with van der Waals surface area (Å²) in [5.41, 5.74) is 1.56. The fraction of sp³-hybridized carbons (Fsp3) is 0.600. The van der Waals surface area contributed by atoms with Crippen LogP contribution in [0.5, 0.6) is 0 Å². The summed E-state index contributed by atoms with van der Waals surface area (Å²) in [5.74, 6) is 0. The van der Waals surface area contributed by atoms with Crippen molar-refractivity contribution in [3.63, 3.8) is 0 Å². The van der Waals surface area contributed by atoms with Gasteiger partial charge < -0.3 is 4.74 Å². The number of alkyl halides is 1. The normalized spacial score (nSPS) is 10.4. The SMILES string of the molecule is CSC(=O)OC/N=C/SCCl. The van der Waals surface area contributed by atoms with Crippen LogP contribution in [0.3, 0.4) is 0 Å². The lowest BCUT2D eigenvalue weighted by atomic mass is 11.2. The molecule has 0 aliphatic heterocycles. The van der Waals surface area contributed by atoms with Crippen LogP contribution in [0.1, 0.15) is 0 Å². The molecule has 0 saturated carbocycles. The molecule has 6 heteroatoms. The fourth-order valence-corrected chi connectivity index (χ4v) is 0.822. The Hall–Kier alpha value is 0.130. The Bertz CT molecular complexity index is 142. The Labute approximate surface area is 78.9 Å². The van der Waals surface area contributed by atoms with E-state index in [2.05, 4.69) is 9.73 Å². The Kier molecular flexibility index (Phi) is 8.33. The Morgan fingerprint density at radius 1 is 1.82 bits per heavy atom. The molecule has 0 spiro atoms. The van der Waals surface area contributed by atoms with E-state index < -0.39 is 0 Å². The molecule has 0 saturated heterocycles. The largest absolute Gasteiger partial charge is 0.434 e. The van der Waals surface area contributed by atoms with Crippen molar-refractivity contribution in [1.82, 2.24) is 0 Å². The van der Waals surface area contributed by atoms with Gasteiger partial charge in [0.15, 0.2) is 6.73 Å². The first-order valence-corrected chi connectivity index (χ1v) is 5.48. The highest BCUT2D eigenvalue weighted by Gasteiger charge is 1.94. The van der Waals surface area contributed by atoms with E-state index in [0.29, 0.717) is 5.21 Å². The molecule has 0 heterocycles. The third-order valence-corrected chi connectivity index (χ3v) is 1.89. The van der Waals surface area contributed by atoms with Gasteiger partial charge in [-0.1, -0.05) is 11.8 Å². The average Bonchev–Trinajstić information content (AvgIpc) is 2.04. The topological polar surface area (TPSA) is 38.7 Å². The summed E-state index contributed by atoms with van der Waals surface area (Å²) in [5, 5.41) is 0.137. The zero-order chi connectivity index (χ0) is 8.53. The number of thioether (sulfide) groups is 2. The molecule has 3 nitrogen and oxygen atoms in total. The lowest BCUT2D eigenvalue weighted by molar-refractivity contribution is 0.179. The van der Waals surface area contributed by atoms with Gasteiger partial charge >= 0.3 is 5.30 Å². The summed E-state index contributed by atoms with van der Waals surface area (Å²) in [4.78, 5) is 14.2. The van der Waals surface area contributed by atoms with Gasteiger partial charge in [-0.15, -0.1) is 11.6 Å². The molecule has 0 amide bonds. The van der Waals surface area contributed by atoms with E-state index >= 15 is 0 Å². The van der Waals surface area contributed by atoms with Crippen molar-refractivity contribution in [2.75, 3.05) is 18.2 Å². The molecule has 0 fully saturated rings. The summed E-state index contributed by atoms with van der Waals surface area (Å²) < 4.78 is 4.61. The van der Waals surface area contributed by atoms with Crippen molar-refractivity contribution in [1.29, 1.82) is 0 Å².